The normalized spacial score (nSPS) is 11.3. The molecule has 146 valence electrons. The Kier molecular flexibility index (Phi) is 9.34. The number of thiazole rings is 1. The van der Waals surface area contributed by atoms with E-state index in [4.69, 9.17) is 0 Å². The van der Waals surface area contributed by atoms with Crippen LogP contribution < -0.4 is 16.0 Å². The van der Waals surface area contributed by atoms with Crippen LogP contribution in [0.25, 0.3) is 0 Å². The first-order valence-electron chi connectivity index (χ1n) is 9.47. The molecular weight excluding hydrogens is 358 g/mol. The maximum atomic E-state index is 12.0. The molecule has 0 atom stereocenters. The van der Waals surface area contributed by atoms with E-state index < -0.39 is 0 Å². The number of hydrogen-bond acceptors (Lipinski definition) is 4. The highest BCUT2D eigenvalue weighted by atomic mass is 32.1. The van der Waals surface area contributed by atoms with Gasteiger partial charge in [-0.25, -0.2) is 4.98 Å². The second kappa shape index (κ2) is 12.1. The van der Waals surface area contributed by atoms with E-state index in [1.807, 2.05) is 43.5 Å². The van der Waals surface area contributed by atoms with Crippen molar-refractivity contribution in [1.82, 2.24) is 20.9 Å². The number of aryl methyl sites for hydroxylation is 1. The lowest BCUT2D eigenvalue weighted by molar-refractivity contribution is -0.121. The quantitative estimate of drug-likeness (QED) is 0.432. The molecule has 0 fully saturated rings. The Morgan fingerprint density at radius 1 is 1.15 bits per heavy atom. The van der Waals surface area contributed by atoms with Gasteiger partial charge in [0.2, 0.25) is 5.91 Å². The van der Waals surface area contributed by atoms with Crippen molar-refractivity contribution in [2.75, 3.05) is 19.6 Å². The van der Waals surface area contributed by atoms with E-state index in [0.717, 1.165) is 35.9 Å². The summed E-state index contributed by atoms with van der Waals surface area (Å²) in [6, 6.07) is 9.91. The van der Waals surface area contributed by atoms with Crippen LogP contribution in [0.4, 0.5) is 0 Å². The van der Waals surface area contributed by atoms with Crippen molar-refractivity contribution in [3.8, 4) is 0 Å². The largest absolute Gasteiger partial charge is 0.357 e. The lowest BCUT2D eigenvalue weighted by Crippen LogP contribution is -2.39. The third kappa shape index (κ3) is 8.21. The number of amides is 1. The molecule has 2 rings (SSSR count). The van der Waals surface area contributed by atoms with Crippen LogP contribution in [-0.2, 0) is 24.2 Å². The van der Waals surface area contributed by atoms with E-state index in [1.54, 1.807) is 11.3 Å². The van der Waals surface area contributed by atoms with Gasteiger partial charge in [-0.15, -0.1) is 11.3 Å². The summed E-state index contributed by atoms with van der Waals surface area (Å²) in [5.74, 6) is 0.762. The molecule has 2 aromatic rings. The minimum absolute atomic E-state index is 0.0251. The molecule has 3 N–H and O–H groups in total. The summed E-state index contributed by atoms with van der Waals surface area (Å²) in [5, 5.41) is 10.5. The topological polar surface area (TPSA) is 78.4 Å². The number of benzene rings is 1. The van der Waals surface area contributed by atoms with Crippen LogP contribution in [-0.4, -0.2) is 36.5 Å². The van der Waals surface area contributed by atoms with E-state index >= 15 is 0 Å². The molecule has 0 saturated carbocycles. The Bertz CT molecular complexity index is 714. The highest BCUT2D eigenvalue weighted by molar-refractivity contribution is 7.11. The van der Waals surface area contributed by atoms with Gasteiger partial charge >= 0.3 is 0 Å². The van der Waals surface area contributed by atoms with Gasteiger partial charge in [-0.05, 0) is 18.9 Å². The van der Waals surface area contributed by atoms with Crippen LogP contribution in [0.3, 0.4) is 0 Å². The molecule has 0 spiro atoms. The number of carbonyl (C=O) groups excluding carboxylic acids is 1. The molecule has 0 unspecified atom stereocenters. The van der Waals surface area contributed by atoms with Gasteiger partial charge < -0.3 is 16.0 Å². The minimum atomic E-state index is 0.0251. The van der Waals surface area contributed by atoms with Gasteiger partial charge in [0.25, 0.3) is 0 Å². The zero-order chi connectivity index (χ0) is 19.3. The third-order valence-corrected chi connectivity index (χ3v) is 5.07. The van der Waals surface area contributed by atoms with E-state index in [9.17, 15) is 4.79 Å². The van der Waals surface area contributed by atoms with E-state index in [-0.39, 0.29) is 5.91 Å². The monoisotopic (exact) mass is 387 g/mol. The van der Waals surface area contributed by atoms with Gasteiger partial charge in [0.1, 0.15) is 0 Å². The zero-order valence-electron chi connectivity index (χ0n) is 16.1. The number of aliphatic imine (C=N–C) groups is 1. The molecule has 6 nitrogen and oxygen atoms in total. The van der Waals surface area contributed by atoms with E-state index in [1.165, 1.54) is 4.88 Å². The van der Waals surface area contributed by atoms with Gasteiger partial charge in [0.05, 0.1) is 5.01 Å². The van der Waals surface area contributed by atoms with Crippen LogP contribution in [0.15, 0.2) is 41.5 Å². The van der Waals surface area contributed by atoms with Crippen molar-refractivity contribution in [2.45, 2.75) is 39.7 Å². The molecule has 0 aliphatic carbocycles. The summed E-state index contributed by atoms with van der Waals surface area (Å²) in [6.07, 6.45) is 4.21. The number of guanidine groups is 1. The summed E-state index contributed by atoms with van der Waals surface area (Å²) in [4.78, 5) is 22.3. The SMILES string of the molecule is CCNC(=NCCc1ncc(CC)s1)NCCC(=O)NCc1ccccc1. The predicted molar refractivity (Wildman–Crippen MR) is 112 cm³/mol. The van der Waals surface area contributed by atoms with Gasteiger partial charge in [0, 0.05) is 50.1 Å². The van der Waals surface area contributed by atoms with Crippen molar-refractivity contribution in [2.24, 2.45) is 4.99 Å². The number of carbonyl (C=O) groups is 1. The fourth-order valence-corrected chi connectivity index (χ4v) is 3.26. The van der Waals surface area contributed by atoms with Crippen molar-refractivity contribution >= 4 is 23.2 Å². The average molecular weight is 388 g/mol. The molecular formula is C20H29N5OS. The standard InChI is InChI=1S/C20H29N5OS/c1-3-17-15-25-19(27-17)11-13-23-20(21-4-2)22-12-10-18(26)24-14-16-8-6-5-7-9-16/h5-9,15H,3-4,10-14H2,1-2H3,(H,24,26)(H2,21,22,23). The molecule has 0 radical (unpaired) electrons. The molecule has 27 heavy (non-hydrogen) atoms. The van der Waals surface area contributed by atoms with Crippen LogP contribution in [0.2, 0.25) is 0 Å². The van der Waals surface area contributed by atoms with Crippen molar-refractivity contribution in [1.29, 1.82) is 0 Å². The maximum absolute atomic E-state index is 12.0. The first-order valence-corrected chi connectivity index (χ1v) is 10.3. The smallest absolute Gasteiger partial charge is 0.222 e. The van der Waals surface area contributed by atoms with Crippen molar-refractivity contribution in [3.63, 3.8) is 0 Å². The van der Waals surface area contributed by atoms with Crippen LogP contribution in [0, 0.1) is 0 Å². The predicted octanol–water partition coefficient (Wildman–Crippen LogP) is 2.51. The number of hydrogen-bond donors (Lipinski definition) is 3. The Labute approximate surface area is 165 Å². The average Bonchev–Trinajstić information content (AvgIpc) is 3.15. The Morgan fingerprint density at radius 2 is 1.96 bits per heavy atom. The number of nitrogens with zero attached hydrogens (tertiary/aromatic N) is 2. The lowest BCUT2D eigenvalue weighted by atomic mass is 10.2. The van der Waals surface area contributed by atoms with Crippen LogP contribution in [0.5, 0.6) is 0 Å². The Morgan fingerprint density at radius 3 is 2.67 bits per heavy atom. The number of nitrogens with one attached hydrogen (secondary N) is 3. The summed E-state index contributed by atoms with van der Waals surface area (Å²) >= 11 is 1.75. The zero-order valence-corrected chi connectivity index (χ0v) is 16.9. The highest BCUT2D eigenvalue weighted by Gasteiger charge is 2.04. The summed E-state index contributed by atoms with van der Waals surface area (Å²) in [7, 11) is 0. The van der Waals surface area contributed by atoms with Gasteiger partial charge in [-0.3, -0.25) is 9.79 Å². The van der Waals surface area contributed by atoms with Gasteiger partial charge in [-0.1, -0.05) is 37.3 Å². The first-order chi connectivity index (χ1) is 13.2. The molecule has 0 aliphatic rings. The molecule has 0 bridgehead atoms. The Balaban J connectivity index is 1.68. The number of rotatable bonds is 10. The molecule has 7 heteroatoms. The molecule has 1 heterocycles. The first kappa shape index (κ1) is 20.9. The summed E-state index contributed by atoms with van der Waals surface area (Å²) in [5.41, 5.74) is 1.10. The fraction of sp³-hybridized carbons (Fsp3) is 0.450. The molecule has 1 aromatic carbocycles. The minimum Gasteiger partial charge on any atom is -0.357 e. The third-order valence-electron chi connectivity index (χ3n) is 3.87. The van der Waals surface area contributed by atoms with Gasteiger partial charge in [0.15, 0.2) is 5.96 Å². The Hall–Kier alpha value is -2.41. The van der Waals surface area contributed by atoms with Crippen LogP contribution >= 0.6 is 11.3 Å². The summed E-state index contributed by atoms with van der Waals surface area (Å²) in [6.45, 7) is 6.72. The van der Waals surface area contributed by atoms with Crippen LogP contribution in [0.1, 0.15) is 35.7 Å². The lowest BCUT2D eigenvalue weighted by Gasteiger charge is -2.11. The number of aromatic nitrogens is 1. The molecule has 0 aliphatic heterocycles. The molecule has 1 aromatic heterocycles. The second-order valence-corrected chi connectivity index (χ2v) is 7.22. The fourth-order valence-electron chi connectivity index (χ4n) is 2.41. The second-order valence-electron chi connectivity index (χ2n) is 6.02. The van der Waals surface area contributed by atoms with Gasteiger partial charge in [-0.2, -0.15) is 0 Å². The summed E-state index contributed by atoms with van der Waals surface area (Å²) < 4.78 is 0. The maximum Gasteiger partial charge on any atom is 0.222 e. The van der Waals surface area contributed by atoms with Crippen molar-refractivity contribution in [3.05, 3.63) is 52.0 Å². The van der Waals surface area contributed by atoms with E-state index in [0.29, 0.717) is 26.1 Å². The molecule has 1 amide bonds. The highest BCUT2D eigenvalue weighted by Crippen LogP contribution is 2.13. The van der Waals surface area contributed by atoms with Crippen molar-refractivity contribution < 1.29 is 4.79 Å². The van der Waals surface area contributed by atoms with E-state index in [2.05, 4.69) is 32.9 Å². The molecule has 0 saturated heterocycles.